The van der Waals surface area contributed by atoms with Crippen molar-refractivity contribution < 1.29 is 24.6 Å². The zero-order chi connectivity index (χ0) is 22.6. The highest BCUT2D eigenvalue weighted by Gasteiger charge is 2.29. The van der Waals surface area contributed by atoms with Gasteiger partial charge in [-0.25, -0.2) is 9.59 Å². The summed E-state index contributed by atoms with van der Waals surface area (Å²) >= 11 is 0. The molecule has 2 aliphatic rings. The van der Waals surface area contributed by atoms with E-state index in [4.69, 9.17) is 19.8 Å². The molecule has 0 unspecified atom stereocenters. The van der Waals surface area contributed by atoms with Gasteiger partial charge in [0, 0.05) is 25.6 Å². The van der Waals surface area contributed by atoms with Gasteiger partial charge in [0.05, 0.1) is 0 Å². The average molecular weight is 433 g/mol. The van der Waals surface area contributed by atoms with Crippen LogP contribution in [0.5, 0.6) is 0 Å². The first-order valence-electron chi connectivity index (χ1n) is 11.4. The Morgan fingerprint density at radius 1 is 0.935 bits per heavy atom. The number of hydrogen-bond donors (Lipinski definition) is 2. The number of carbonyl (C=O) groups is 3. The Morgan fingerprint density at radius 2 is 1.52 bits per heavy atom. The molecule has 0 spiro atoms. The molecule has 2 N–H and O–H groups in total. The number of rotatable bonds is 6. The molecule has 7 heteroatoms. The molecule has 1 heterocycles. The van der Waals surface area contributed by atoms with Gasteiger partial charge in [-0.15, -0.1) is 0 Å². The van der Waals surface area contributed by atoms with Gasteiger partial charge in [-0.3, -0.25) is 4.79 Å². The van der Waals surface area contributed by atoms with E-state index in [1.807, 2.05) is 11.0 Å². The van der Waals surface area contributed by atoms with Crippen LogP contribution in [-0.4, -0.2) is 64.0 Å². The SMILES string of the molecule is CCN(Cc1ccccc1)C(=O)C1CCN(CC2CCCCC2)CC1.O=C(O)C(=O)O. The first kappa shape index (κ1) is 24.9. The molecule has 1 aliphatic heterocycles. The first-order valence-corrected chi connectivity index (χ1v) is 11.4. The summed E-state index contributed by atoms with van der Waals surface area (Å²) in [6.45, 7) is 7.13. The van der Waals surface area contributed by atoms with E-state index in [0.717, 1.165) is 44.9 Å². The van der Waals surface area contributed by atoms with Crippen LogP contribution in [0.25, 0.3) is 0 Å². The van der Waals surface area contributed by atoms with E-state index in [1.165, 1.54) is 44.2 Å². The van der Waals surface area contributed by atoms with Gasteiger partial charge in [0.1, 0.15) is 0 Å². The molecule has 0 radical (unpaired) electrons. The number of benzene rings is 1. The second-order valence-corrected chi connectivity index (χ2v) is 8.53. The molecule has 0 bridgehead atoms. The Balaban J connectivity index is 0.000000501. The van der Waals surface area contributed by atoms with Gasteiger partial charge >= 0.3 is 11.9 Å². The molecule has 1 aromatic rings. The van der Waals surface area contributed by atoms with E-state index in [9.17, 15) is 4.79 Å². The summed E-state index contributed by atoms with van der Waals surface area (Å²) < 4.78 is 0. The third-order valence-corrected chi connectivity index (χ3v) is 6.27. The second kappa shape index (κ2) is 13.1. The molecule has 2 fully saturated rings. The molecule has 1 saturated carbocycles. The van der Waals surface area contributed by atoms with Crippen LogP contribution in [0, 0.1) is 11.8 Å². The van der Waals surface area contributed by atoms with E-state index in [2.05, 4.69) is 36.1 Å². The van der Waals surface area contributed by atoms with Crippen molar-refractivity contribution in [1.82, 2.24) is 9.80 Å². The minimum Gasteiger partial charge on any atom is -0.473 e. The lowest BCUT2D eigenvalue weighted by atomic mass is 9.87. The summed E-state index contributed by atoms with van der Waals surface area (Å²) in [6.07, 6.45) is 9.18. The summed E-state index contributed by atoms with van der Waals surface area (Å²) in [6, 6.07) is 10.4. The number of hydrogen-bond acceptors (Lipinski definition) is 4. The summed E-state index contributed by atoms with van der Waals surface area (Å²) in [5.41, 5.74) is 1.23. The first-order chi connectivity index (χ1) is 14.9. The van der Waals surface area contributed by atoms with Gasteiger partial charge in [-0.05, 0) is 57.2 Å². The molecule has 7 nitrogen and oxygen atoms in total. The molecule has 1 amide bonds. The van der Waals surface area contributed by atoms with Gasteiger partial charge in [0.15, 0.2) is 0 Å². The number of piperidine rings is 1. The van der Waals surface area contributed by atoms with Crippen molar-refractivity contribution in [2.45, 2.75) is 58.4 Å². The molecule has 172 valence electrons. The molecule has 1 aliphatic carbocycles. The molecule has 1 aromatic carbocycles. The highest BCUT2D eigenvalue weighted by Crippen LogP contribution is 2.27. The van der Waals surface area contributed by atoms with Crippen molar-refractivity contribution in [1.29, 1.82) is 0 Å². The van der Waals surface area contributed by atoms with Gasteiger partial charge in [0.2, 0.25) is 5.91 Å². The lowest BCUT2D eigenvalue weighted by Gasteiger charge is -2.36. The summed E-state index contributed by atoms with van der Waals surface area (Å²) in [5.74, 6) is -2.15. The van der Waals surface area contributed by atoms with Gasteiger partial charge < -0.3 is 20.0 Å². The summed E-state index contributed by atoms with van der Waals surface area (Å²) in [7, 11) is 0. The maximum Gasteiger partial charge on any atom is 0.414 e. The lowest BCUT2D eigenvalue weighted by Crippen LogP contribution is -2.43. The number of likely N-dealkylation sites (tertiary alicyclic amines) is 1. The van der Waals surface area contributed by atoms with Crippen LogP contribution in [0.3, 0.4) is 0 Å². The van der Waals surface area contributed by atoms with Gasteiger partial charge in [-0.2, -0.15) is 0 Å². The highest BCUT2D eigenvalue weighted by atomic mass is 16.4. The Kier molecular flexibility index (Phi) is 10.5. The maximum atomic E-state index is 12.9. The fourth-order valence-corrected chi connectivity index (χ4v) is 4.50. The van der Waals surface area contributed by atoms with Crippen LogP contribution in [-0.2, 0) is 20.9 Å². The average Bonchev–Trinajstić information content (AvgIpc) is 2.79. The van der Waals surface area contributed by atoms with Crippen LogP contribution in [0.2, 0.25) is 0 Å². The molecule has 3 rings (SSSR count). The Bertz CT molecular complexity index is 683. The van der Waals surface area contributed by atoms with E-state index >= 15 is 0 Å². The Hall–Kier alpha value is -2.41. The molecule has 31 heavy (non-hydrogen) atoms. The minimum absolute atomic E-state index is 0.228. The van der Waals surface area contributed by atoms with Crippen LogP contribution in [0.4, 0.5) is 0 Å². The smallest absolute Gasteiger partial charge is 0.414 e. The van der Waals surface area contributed by atoms with Crippen molar-refractivity contribution in [2.24, 2.45) is 11.8 Å². The number of carboxylic acids is 2. The number of aliphatic carboxylic acids is 2. The fraction of sp³-hybridized carbons (Fsp3) is 0.625. The van der Waals surface area contributed by atoms with E-state index in [-0.39, 0.29) is 5.92 Å². The van der Waals surface area contributed by atoms with Gasteiger partial charge in [0.25, 0.3) is 0 Å². The van der Waals surface area contributed by atoms with Crippen molar-refractivity contribution in [3.8, 4) is 0 Å². The Labute approximate surface area is 185 Å². The highest BCUT2D eigenvalue weighted by molar-refractivity contribution is 6.27. The lowest BCUT2D eigenvalue weighted by molar-refractivity contribution is -0.159. The van der Waals surface area contributed by atoms with E-state index in [1.54, 1.807) is 0 Å². The van der Waals surface area contributed by atoms with Crippen LogP contribution in [0.1, 0.15) is 57.4 Å². The topological polar surface area (TPSA) is 98.2 Å². The zero-order valence-electron chi connectivity index (χ0n) is 18.5. The number of carboxylic acid groups (broad SMARTS) is 2. The molecular formula is C24H36N2O5. The molecule has 1 saturated heterocycles. The molecule has 0 atom stereocenters. The number of amides is 1. The third-order valence-electron chi connectivity index (χ3n) is 6.27. The van der Waals surface area contributed by atoms with Crippen molar-refractivity contribution >= 4 is 17.8 Å². The molecular weight excluding hydrogens is 396 g/mol. The largest absolute Gasteiger partial charge is 0.473 e. The number of nitrogens with zero attached hydrogens (tertiary/aromatic N) is 2. The van der Waals surface area contributed by atoms with Crippen LogP contribution < -0.4 is 0 Å². The van der Waals surface area contributed by atoms with Gasteiger partial charge in [-0.1, -0.05) is 49.6 Å². The van der Waals surface area contributed by atoms with Crippen LogP contribution in [0.15, 0.2) is 30.3 Å². The van der Waals surface area contributed by atoms with Crippen molar-refractivity contribution in [3.63, 3.8) is 0 Å². The van der Waals surface area contributed by atoms with E-state index in [0.29, 0.717) is 5.91 Å². The number of carbonyl (C=O) groups excluding carboxylic acids is 1. The molecule has 0 aromatic heterocycles. The summed E-state index contributed by atoms with van der Waals surface area (Å²) in [5, 5.41) is 14.8. The second-order valence-electron chi connectivity index (χ2n) is 8.53. The monoisotopic (exact) mass is 432 g/mol. The Morgan fingerprint density at radius 3 is 2.03 bits per heavy atom. The third kappa shape index (κ3) is 8.69. The standard InChI is InChI=1S/C22H34N2O.C2H2O4/c1-2-24(18-20-11-7-4-8-12-20)22(25)21-13-15-23(16-14-21)17-19-9-5-3-6-10-19;3-1(4)2(5)6/h4,7-8,11-12,19,21H,2-3,5-6,9-10,13-18H2,1H3;(H,3,4)(H,5,6). The van der Waals surface area contributed by atoms with E-state index < -0.39 is 11.9 Å². The minimum atomic E-state index is -1.82. The summed E-state index contributed by atoms with van der Waals surface area (Å²) in [4.78, 5) is 35.8. The predicted molar refractivity (Wildman–Crippen MR) is 119 cm³/mol. The fourth-order valence-electron chi connectivity index (χ4n) is 4.50. The normalized spacial score (nSPS) is 18.0. The quantitative estimate of drug-likeness (QED) is 0.668. The van der Waals surface area contributed by atoms with Crippen molar-refractivity contribution in [2.75, 3.05) is 26.2 Å². The zero-order valence-corrected chi connectivity index (χ0v) is 18.5. The predicted octanol–water partition coefficient (Wildman–Crippen LogP) is 3.48. The van der Waals surface area contributed by atoms with Crippen molar-refractivity contribution in [3.05, 3.63) is 35.9 Å². The van der Waals surface area contributed by atoms with Crippen LogP contribution >= 0.6 is 0 Å². The maximum absolute atomic E-state index is 12.9.